The van der Waals surface area contributed by atoms with Gasteiger partial charge in [-0.15, -0.1) is 11.3 Å². The molecule has 6 heteroatoms. The summed E-state index contributed by atoms with van der Waals surface area (Å²) in [5, 5.41) is 2.98. The molecule has 0 amide bonds. The van der Waals surface area contributed by atoms with Crippen molar-refractivity contribution in [3.05, 3.63) is 39.2 Å². The van der Waals surface area contributed by atoms with Crippen molar-refractivity contribution < 1.29 is 4.39 Å². The lowest BCUT2D eigenvalue weighted by Crippen LogP contribution is -2.09. The average Bonchev–Trinajstić information content (AvgIpc) is 2.77. The standard InChI is InChI=1S/C12H13ClFN3S/c1-2-9-11(14)12(17-7-16-9)15-6-5-8-3-4-10(13)18-8/h3-4,7H,2,5-6H2,1H3,(H,15,16,17). The lowest BCUT2D eigenvalue weighted by molar-refractivity contribution is 0.596. The molecule has 2 heterocycles. The summed E-state index contributed by atoms with van der Waals surface area (Å²) in [5.74, 6) is -0.0892. The van der Waals surface area contributed by atoms with E-state index in [-0.39, 0.29) is 11.6 Å². The molecule has 2 aromatic heterocycles. The van der Waals surface area contributed by atoms with Crippen LogP contribution in [0.1, 0.15) is 17.5 Å². The van der Waals surface area contributed by atoms with Gasteiger partial charge in [0.05, 0.1) is 10.0 Å². The second-order valence-corrected chi connectivity index (χ2v) is 5.52. The predicted molar refractivity (Wildman–Crippen MR) is 72.9 cm³/mol. The molecule has 0 radical (unpaired) electrons. The number of anilines is 1. The van der Waals surface area contributed by atoms with E-state index in [4.69, 9.17) is 11.6 Å². The minimum atomic E-state index is -0.357. The van der Waals surface area contributed by atoms with Gasteiger partial charge in [-0.05, 0) is 25.0 Å². The van der Waals surface area contributed by atoms with Crippen LogP contribution in [0.2, 0.25) is 4.34 Å². The SMILES string of the molecule is CCc1ncnc(NCCc2ccc(Cl)s2)c1F. The van der Waals surface area contributed by atoms with E-state index in [0.29, 0.717) is 18.7 Å². The Kier molecular flexibility index (Phi) is 4.49. The van der Waals surface area contributed by atoms with Crippen LogP contribution >= 0.6 is 22.9 Å². The summed E-state index contributed by atoms with van der Waals surface area (Å²) in [4.78, 5) is 8.95. The zero-order valence-electron chi connectivity index (χ0n) is 9.91. The number of thiophene rings is 1. The molecule has 0 bridgehead atoms. The average molecular weight is 286 g/mol. The number of nitrogens with zero attached hydrogens (tertiary/aromatic N) is 2. The third-order valence-corrected chi connectivity index (χ3v) is 3.78. The second kappa shape index (κ2) is 6.11. The van der Waals surface area contributed by atoms with Crippen molar-refractivity contribution in [2.75, 3.05) is 11.9 Å². The number of hydrogen-bond acceptors (Lipinski definition) is 4. The molecule has 1 N–H and O–H groups in total. The van der Waals surface area contributed by atoms with Gasteiger partial charge in [0, 0.05) is 11.4 Å². The highest BCUT2D eigenvalue weighted by molar-refractivity contribution is 7.16. The number of aromatic nitrogens is 2. The fraction of sp³-hybridized carbons (Fsp3) is 0.333. The van der Waals surface area contributed by atoms with Gasteiger partial charge in [-0.1, -0.05) is 18.5 Å². The zero-order chi connectivity index (χ0) is 13.0. The van der Waals surface area contributed by atoms with E-state index >= 15 is 0 Å². The van der Waals surface area contributed by atoms with Crippen LogP contribution in [0.5, 0.6) is 0 Å². The first-order chi connectivity index (χ1) is 8.70. The van der Waals surface area contributed by atoms with Crippen LogP contribution in [0.15, 0.2) is 18.5 Å². The summed E-state index contributed by atoms with van der Waals surface area (Å²) in [6, 6.07) is 3.84. The Bertz CT molecular complexity index is 530. The topological polar surface area (TPSA) is 37.8 Å². The first kappa shape index (κ1) is 13.2. The largest absolute Gasteiger partial charge is 0.367 e. The van der Waals surface area contributed by atoms with Gasteiger partial charge in [0.2, 0.25) is 0 Å². The zero-order valence-corrected chi connectivity index (χ0v) is 11.5. The van der Waals surface area contributed by atoms with E-state index < -0.39 is 0 Å². The second-order valence-electron chi connectivity index (χ2n) is 3.72. The molecule has 18 heavy (non-hydrogen) atoms. The van der Waals surface area contributed by atoms with Crippen LogP contribution in [-0.2, 0) is 12.8 Å². The number of rotatable bonds is 5. The highest BCUT2D eigenvalue weighted by Gasteiger charge is 2.08. The van der Waals surface area contributed by atoms with Gasteiger partial charge in [-0.2, -0.15) is 0 Å². The van der Waals surface area contributed by atoms with Gasteiger partial charge in [-0.3, -0.25) is 0 Å². The van der Waals surface area contributed by atoms with Crippen molar-refractivity contribution >= 4 is 28.8 Å². The van der Waals surface area contributed by atoms with Crippen LogP contribution in [0, 0.1) is 5.82 Å². The van der Waals surface area contributed by atoms with Crippen LogP contribution in [-0.4, -0.2) is 16.5 Å². The Hall–Kier alpha value is -1.20. The predicted octanol–water partition coefficient (Wildman–Crippen LogP) is 3.55. The van der Waals surface area contributed by atoms with E-state index in [9.17, 15) is 4.39 Å². The maximum absolute atomic E-state index is 13.8. The Morgan fingerprint density at radius 3 is 2.89 bits per heavy atom. The summed E-state index contributed by atoms with van der Waals surface area (Å²) < 4.78 is 14.6. The van der Waals surface area contributed by atoms with E-state index in [2.05, 4.69) is 15.3 Å². The third kappa shape index (κ3) is 3.17. The van der Waals surface area contributed by atoms with E-state index in [0.717, 1.165) is 15.6 Å². The lowest BCUT2D eigenvalue weighted by Gasteiger charge is -2.07. The van der Waals surface area contributed by atoms with Gasteiger partial charge in [0.25, 0.3) is 0 Å². The molecular weight excluding hydrogens is 273 g/mol. The molecule has 0 aliphatic rings. The molecule has 0 saturated carbocycles. The molecule has 96 valence electrons. The third-order valence-electron chi connectivity index (χ3n) is 2.49. The fourth-order valence-corrected chi connectivity index (χ4v) is 2.65. The molecule has 0 atom stereocenters. The summed E-state index contributed by atoms with van der Waals surface area (Å²) >= 11 is 7.37. The number of halogens is 2. The van der Waals surface area contributed by atoms with E-state index in [1.165, 1.54) is 17.7 Å². The molecule has 0 saturated heterocycles. The number of aryl methyl sites for hydroxylation is 1. The van der Waals surface area contributed by atoms with Crippen molar-refractivity contribution in [1.29, 1.82) is 0 Å². The Morgan fingerprint density at radius 1 is 1.39 bits per heavy atom. The summed E-state index contributed by atoms with van der Waals surface area (Å²) in [6.45, 7) is 2.48. The van der Waals surface area contributed by atoms with E-state index in [1.54, 1.807) is 0 Å². The maximum Gasteiger partial charge on any atom is 0.186 e. The molecule has 0 aliphatic heterocycles. The molecule has 0 spiro atoms. The van der Waals surface area contributed by atoms with Crippen molar-refractivity contribution in [1.82, 2.24) is 9.97 Å². The Morgan fingerprint density at radius 2 is 2.22 bits per heavy atom. The molecule has 0 aliphatic carbocycles. The minimum absolute atomic E-state index is 0.268. The molecule has 0 unspecified atom stereocenters. The first-order valence-corrected chi connectivity index (χ1v) is 6.87. The van der Waals surface area contributed by atoms with Crippen LogP contribution in [0.25, 0.3) is 0 Å². The van der Waals surface area contributed by atoms with Gasteiger partial charge >= 0.3 is 0 Å². The summed E-state index contributed by atoms with van der Waals surface area (Å²) in [7, 11) is 0. The molecule has 3 nitrogen and oxygen atoms in total. The Labute approximate surface area is 114 Å². The lowest BCUT2D eigenvalue weighted by atomic mass is 10.3. The van der Waals surface area contributed by atoms with Crippen molar-refractivity contribution in [3.63, 3.8) is 0 Å². The van der Waals surface area contributed by atoms with Crippen LogP contribution in [0.3, 0.4) is 0 Å². The summed E-state index contributed by atoms with van der Waals surface area (Å²) in [5.41, 5.74) is 0.437. The first-order valence-electron chi connectivity index (χ1n) is 5.68. The van der Waals surface area contributed by atoms with E-state index in [1.807, 2.05) is 19.1 Å². The van der Waals surface area contributed by atoms with Gasteiger partial charge in [0.1, 0.15) is 6.33 Å². The van der Waals surface area contributed by atoms with Crippen LogP contribution in [0.4, 0.5) is 10.2 Å². The number of hydrogen-bond donors (Lipinski definition) is 1. The fourth-order valence-electron chi connectivity index (χ4n) is 1.57. The minimum Gasteiger partial charge on any atom is -0.367 e. The van der Waals surface area contributed by atoms with Gasteiger partial charge in [-0.25, -0.2) is 14.4 Å². The molecule has 0 fully saturated rings. The molecule has 0 aromatic carbocycles. The van der Waals surface area contributed by atoms with Gasteiger partial charge in [0.15, 0.2) is 11.6 Å². The highest BCUT2D eigenvalue weighted by Crippen LogP contribution is 2.22. The van der Waals surface area contributed by atoms with Crippen molar-refractivity contribution in [2.45, 2.75) is 19.8 Å². The Balaban J connectivity index is 1.94. The summed E-state index contributed by atoms with van der Waals surface area (Å²) in [6.07, 6.45) is 2.73. The normalized spacial score (nSPS) is 10.6. The van der Waals surface area contributed by atoms with Crippen molar-refractivity contribution in [3.8, 4) is 0 Å². The smallest absolute Gasteiger partial charge is 0.186 e. The van der Waals surface area contributed by atoms with Crippen molar-refractivity contribution in [2.24, 2.45) is 0 Å². The molecule has 2 aromatic rings. The molecular formula is C12H13ClFN3S. The maximum atomic E-state index is 13.8. The van der Waals surface area contributed by atoms with Gasteiger partial charge < -0.3 is 5.32 Å². The quantitative estimate of drug-likeness (QED) is 0.913. The highest BCUT2D eigenvalue weighted by atomic mass is 35.5. The van der Waals surface area contributed by atoms with Crippen LogP contribution < -0.4 is 5.32 Å². The number of nitrogens with one attached hydrogen (secondary N) is 1. The monoisotopic (exact) mass is 285 g/mol. The molecule has 2 rings (SSSR count).